The molecule has 0 unspecified atom stereocenters. The second-order valence-electron chi connectivity index (χ2n) is 5.94. The van der Waals surface area contributed by atoms with Gasteiger partial charge in [0.2, 0.25) is 0 Å². The Kier molecular flexibility index (Phi) is 3.81. The molecule has 3 rings (SSSR count). The first kappa shape index (κ1) is 15.1. The Morgan fingerprint density at radius 3 is 2.43 bits per heavy atom. The minimum Gasteiger partial charge on any atom is -0.508 e. The molecule has 1 N–H and O–H groups in total. The van der Waals surface area contributed by atoms with Crippen molar-refractivity contribution in [2.75, 3.05) is 14.1 Å². The maximum absolute atomic E-state index is 10.4. The van der Waals surface area contributed by atoms with Crippen LogP contribution in [0.3, 0.4) is 0 Å². The number of para-hydroxylation sites is 1. The van der Waals surface area contributed by atoms with E-state index in [9.17, 15) is 10.4 Å². The molecular weight excluding hydrogens is 286 g/mol. The highest BCUT2D eigenvalue weighted by Gasteiger charge is 2.20. The van der Waals surface area contributed by atoms with Gasteiger partial charge in [-0.25, -0.2) is 0 Å². The van der Waals surface area contributed by atoms with Crippen LogP contribution >= 0.6 is 0 Å². The van der Waals surface area contributed by atoms with Gasteiger partial charge < -0.3 is 14.6 Å². The molecule has 0 amide bonds. The molecule has 0 aliphatic heterocycles. The van der Waals surface area contributed by atoms with Crippen molar-refractivity contribution in [1.82, 2.24) is 9.47 Å². The lowest BCUT2D eigenvalue weighted by atomic mass is 10.1. The van der Waals surface area contributed by atoms with Gasteiger partial charge in [-0.3, -0.25) is 0 Å². The first-order chi connectivity index (χ1) is 11.0. The van der Waals surface area contributed by atoms with Crippen LogP contribution in [0.1, 0.15) is 16.8 Å². The van der Waals surface area contributed by atoms with Crippen molar-refractivity contribution in [1.29, 1.82) is 5.26 Å². The van der Waals surface area contributed by atoms with E-state index in [4.69, 9.17) is 0 Å². The van der Waals surface area contributed by atoms with E-state index in [-0.39, 0.29) is 5.75 Å². The van der Waals surface area contributed by atoms with Crippen LogP contribution in [0, 0.1) is 18.3 Å². The Balaban J connectivity index is 2.45. The molecule has 3 aromatic rings. The maximum Gasteiger partial charge on any atom is 0.122 e. The third kappa shape index (κ3) is 2.45. The Morgan fingerprint density at radius 2 is 1.83 bits per heavy atom. The molecule has 0 radical (unpaired) electrons. The predicted octanol–water partition coefficient (Wildman–Crippen LogP) is 3.58. The van der Waals surface area contributed by atoms with E-state index in [0.29, 0.717) is 12.1 Å². The first-order valence-corrected chi connectivity index (χ1v) is 7.50. The number of aromatic nitrogens is 1. The SMILES string of the molecule is Cc1c(C#N)c2ccc(O)c(CN(C)C)c2n1-c1ccccc1. The van der Waals surface area contributed by atoms with E-state index in [1.165, 1.54) is 0 Å². The van der Waals surface area contributed by atoms with Gasteiger partial charge in [-0.15, -0.1) is 0 Å². The van der Waals surface area contributed by atoms with E-state index >= 15 is 0 Å². The van der Waals surface area contributed by atoms with Crippen molar-refractivity contribution < 1.29 is 5.11 Å². The van der Waals surface area contributed by atoms with Gasteiger partial charge in [0.1, 0.15) is 11.8 Å². The quantitative estimate of drug-likeness (QED) is 0.804. The minimum atomic E-state index is 0.255. The van der Waals surface area contributed by atoms with Crippen molar-refractivity contribution >= 4 is 10.9 Å². The molecule has 116 valence electrons. The number of aromatic hydroxyl groups is 1. The standard InChI is InChI=1S/C19H19N3O/c1-13-16(11-20)15-9-10-18(23)17(12-21(2)3)19(15)22(13)14-7-5-4-6-8-14/h4-10,23H,12H2,1-3H3. The molecule has 23 heavy (non-hydrogen) atoms. The van der Waals surface area contributed by atoms with E-state index in [1.807, 2.05) is 62.3 Å². The predicted molar refractivity (Wildman–Crippen MR) is 91.8 cm³/mol. The minimum absolute atomic E-state index is 0.255. The topological polar surface area (TPSA) is 52.2 Å². The average molecular weight is 305 g/mol. The molecule has 0 fully saturated rings. The highest BCUT2D eigenvalue weighted by Crippen LogP contribution is 2.35. The summed E-state index contributed by atoms with van der Waals surface area (Å²) in [6.07, 6.45) is 0. The average Bonchev–Trinajstić information content (AvgIpc) is 2.82. The molecule has 0 spiro atoms. The van der Waals surface area contributed by atoms with Gasteiger partial charge in [-0.2, -0.15) is 5.26 Å². The number of hydrogen-bond donors (Lipinski definition) is 1. The van der Waals surface area contributed by atoms with Crippen LogP contribution < -0.4 is 0 Å². The third-order valence-corrected chi connectivity index (χ3v) is 4.05. The number of nitrogens with zero attached hydrogens (tertiary/aromatic N) is 3. The Labute approximate surface area is 135 Å². The summed E-state index contributed by atoms with van der Waals surface area (Å²) in [7, 11) is 3.93. The summed E-state index contributed by atoms with van der Waals surface area (Å²) in [5, 5.41) is 20.8. The van der Waals surface area contributed by atoms with E-state index in [2.05, 4.69) is 10.6 Å². The summed E-state index contributed by atoms with van der Waals surface area (Å²) in [6, 6.07) is 15.8. The fourth-order valence-corrected chi connectivity index (χ4v) is 3.07. The van der Waals surface area contributed by atoms with Crippen molar-refractivity contribution in [2.24, 2.45) is 0 Å². The number of phenolic OH excluding ortho intramolecular Hbond substituents is 1. The highest BCUT2D eigenvalue weighted by atomic mass is 16.3. The molecule has 0 bridgehead atoms. The Morgan fingerprint density at radius 1 is 1.13 bits per heavy atom. The fourth-order valence-electron chi connectivity index (χ4n) is 3.07. The van der Waals surface area contributed by atoms with Crippen LogP contribution in [-0.2, 0) is 6.54 Å². The zero-order valence-electron chi connectivity index (χ0n) is 13.5. The molecule has 2 aromatic carbocycles. The molecule has 0 aliphatic rings. The third-order valence-electron chi connectivity index (χ3n) is 4.05. The summed E-state index contributed by atoms with van der Waals surface area (Å²) in [4.78, 5) is 2.01. The summed E-state index contributed by atoms with van der Waals surface area (Å²) in [5.41, 5.74) is 4.27. The molecule has 4 nitrogen and oxygen atoms in total. The lowest BCUT2D eigenvalue weighted by Gasteiger charge is -2.16. The molecule has 1 heterocycles. The molecule has 1 aromatic heterocycles. The molecule has 0 aliphatic carbocycles. The Hall–Kier alpha value is -2.77. The Bertz CT molecular complexity index is 902. The van der Waals surface area contributed by atoms with Crippen molar-refractivity contribution in [3.63, 3.8) is 0 Å². The lowest BCUT2D eigenvalue weighted by molar-refractivity contribution is 0.387. The lowest BCUT2D eigenvalue weighted by Crippen LogP contribution is -2.12. The molecular formula is C19H19N3O. The second kappa shape index (κ2) is 5.79. The number of phenols is 1. The largest absolute Gasteiger partial charge is 0.508 e. The van der Waals surface area contributed by atoms with Gasteiger partial charge in [-0.1, -0.05) is 18.2 Å². The van der Waals surface area contributed by atoms with Gasteiger partial charge in [0.05, 0.1) is 11.1 Å². The number of rotatable bonds is 3. The maximum atomic E-state index is 10.4. The van der Waals surface area contributed by atoms with Crippen molar-refractivity contribution in [3.8, 4) is 17.5 Å². The van der Waals surface area contributed by atoms with Crippen LogP contribution in [0.25, 0.3) is 16.6 Å². The van der Waals surface area contributed by atoms with Gasteiger partial charge in [-0.05, 0) is 45.3 Å². The zero-order valence-corrected chi connectivity index (χ0v) is 13.5. The normalized spacial score (nSPS) is 11.1. The van der Waals surface area contributed by atoms with Gasteiger partial charge in [0.25, 0.3) is 0 Å². The van der Waals surface area contributed by atoms with Crippen LogP contribution in [0.15, 0.2) is 42.5 Å². The van der Waals surface area contributed by atoms with E-state index in [1.54, 1.807) is 6.07 Å². The molecule has 4 heteroatoms. The van der Waals surface area contributed by atoms with Crippen molar-refractivity contribution in [2.45, 2.75) is 13.5 Å². The highest BCUT2D eigenvalue weighted by molar-refractivity contribution is 5.93. The fraction of sp³-hybridized carbons (Fsp3) is 0.211. The van der Waals surface area contributed by atoms with Gasteiger partial charge in [0.15, 0.2) is 0 Å². The number of benzene rings is 2. The summed E-state index contributed by atoms with van der Waals surface area (Å²) < 4.78 is 2.06. The molecule has 0 atom stereocenters. The van der Waals surface area contributed by atoms with E-state index in [0.717, 1.165) is 27.8 Å². The van der Waals surface area contributed by atoms with Crippen LogP contribution in [0.4, 0.5) is 0 Å². The second-order valence-corrected chi connectivity index (χ2v) is 5.94. The number of nitriles is 1. The van der Waals surface area contributed by atoms with Crippen LogP contribution in [-0.4, -0.2) is 28.7 Å². The first-order valence-electron chi connectivity index (χ1n) is 7.50. The smallest absolute Gasteiger partial charge is 0.122 e. The number of fused-ring (bicyclic) bond motifs is 1. The van der Waals surface area contributed by atoms with Gasteiger partial charge >= 0.3 is 0 Å². The monoisotopic (exact) mass is 305 g/mol. The van der Waals surface area contributed by atoms with Crippen molar-refractivity contribution in [3.05, 3.63) is 59.3 Å². The van der Waals surface area contributed by atoms with Crippen LogP contribution in [0.2, 0.25) is 0 Å². The van der Waals surface area contributed by atoms with Gasteiger partial charge in [0, 0.05) is 28.9 Å². The number of hydrogen-bond acceptors (Lipinski definition) is 3. The van der Waals surface area contributed by atoms with E-state index < -0.39 is 0 Å². The molecule has 0 saturated heterocycles. The summed E-state index contributed by atoms with van der Waals surface area (Å²) >= 11 is 0. The molecule has 0 saturated carbocycles. The van der Waals surface area contributed by atoms with Crippen LogP contribution in [0.5, 0.6) is 5.75 Å². The summed E-state index contributed by atoms with van der Waals surface area (Å²) in [5.74, 6) is 0.255. The zero-order chi connectivity index (χ0) is 16.6. The summed E-state index contributed by atoms with van der Waals surface area (Å²) in [6.45, 7) is 2.55.